The van der Waals surface area contributed by atoms with Crippen LogP contribution in [0.15, 0.2) is 48.5 Å². The van der Waals surface area contributed by atoms with Crippen LogP contribution in [0.25, 0.3) is 0 Å². The largest absolute Gasteiger partial charge is 0.333 e. The second-order valence-corrected chi connectivity index (χ2v) is 8.61. The highest BCUT2D eigenvalue weighted by Gasteiger charge is 2.40. The van der Waals surface area contributed by atoms with Crippen LogP contribution in [0, 0.1) is 20.2 Å². The van der Waals surface area contributed by atoms with Crippen molar-refractivity contribution in [3.05, 3.63) is 74.3 Å². The summed E-state index contributed by atoms with van der Waals surface area (Å²) in [5.74, 6) is -1.09. The van der Waals surface area contributed by atoms with Gasteiger partial charge in [-0.2, -0.15) is 0 Å². The standard InChI is InChI=1S/C16H12Cl3N5O6S/c17-16(18,19)14(22(31)15(26)20-10-4-2-1-3-5-10)21-13(25)9-6-11(23(27)28)8-12(7-9)24(29)30/h1-8,14,31H,(H,20,26)(H,21,25). The molecule has 0 aliphatic heterocycles. The third kappa shape index (κ3) is 6.59. The van der Waals surface area contributed by atoms with Gasteiger partial charge < -0.3 is 10.6 Å². The lowest BCUT2D eigenvalue weighted by Crippen LogP contribution is -2.54. The molecule has 2 N–H and O–H groups in total. The number of amides is 3. The van der Waals surface area contributed by atoms with E-state index in [0.717, 1.165) is 12.1 Å². The van der Waals surface area contributed by atoms with E-state index in [-0.39, 0.29) is 0 Å². The number of para-hydroxylation sites is 1. The Labute approximate surface area is 195 Å². The zero-order valence-electron chi connectivity index (χ0n) is 15.1. The summed E-state index contributed by atoms with van der Waals surface area (Å²) in [5, 5.41) is 26.7. The molecule has 1 atom stereocenters. The number of carbonyl (C=O) groups is 2. The van der Waals surface area contributed by atoms with Crippen molar-refractivity contribution in [2.24, 2.45) is 0 Å². The Kier molecular flexibility index (Phi) is 7.90. The average Bonchev–Trinajstić information content (AvgIpc) is 2.70. The van der Waals surface area contributed by atoms with Crippen molar-refractivity contribution >= 4 is 76.6 Å². The highest BCUT2D eigenvalue weighted by molar-refractivity contribution is 7.78. The third-order valence-electron chi connectivity index (χ3n) is 3.64. The smallest absolute Gasteiger partial charge is 0.327 e. The van der Waals surface area contributed by atoms with Gasteiger partial charge in [-0.05, 0) is 12.1 Å². The number of urea groups is 1. The molecule has 0 fully saturated rings. The van der Waals surface area contributed by atoms with E-state index in [4.69, 9.17) is 34.8 Å². The number of nitrogens with zero attached hydrogens (tertiary/aromatic N) is 3. The number of thiol groups is 1. The molecule has 0 saturated heterocycles. The number of benzene rings is 2. The fourth-order valence-corrected chi connectivity index (χ4v) is 3.19. The number of nitro groups is 2. The Hall–Kier alpha value is -2.80. The fourth-order valence-electron chi connectivity index (χ4n) is 2.25. The Morgan fingerprint density at radius 1 is 1.00 bits per heavy atom. The summed E-state index contributed by atoms with van der Waals surface area (Å²) in [6.45, 7) is 0. The molecule has 0 spiro atoms. The minimum absolute atomic E-state index is 0.384. The van der Waals surface area contributed by atoms with Crippen LogP contribution in [0.3, 0.4) is 0 Å². The maximum atomic E-state index is 12.6. The molecule has 0 heterocycles. The van der Waals surface area contributed by atoms with Crippen molar-refractivity contribution < 1.29 is 19.4 Å². The Bertz CT molecular complexity index is 988. The third-order valence-corrected chi connectivity index (χ3v) is 4.67. The van der Waals surface area contributed by atoms with Gasteiger partial charge in [0.15, 0.2) is 6.17 Å². The SMILES string of the molecule is O=C(NC(N(S)C(=O)Nc1ccccc1)C(Cl)(Cl)Cl)c1cc([N+](=O)[O-])cc([N+](=O)[O-])c1. The molecule has 0 radical (unpaired) electrons. The van der Waals surface area contributed by atoms with E-state index in [9.17, 15) is 29.8 Å². The molecular formula is C16H12Cl3N5O6S. The molecule has 0 bridgehead atoms. The van der Waals surface area contributed by atoms with E-state index in [0.29, 0.717) is 16.1 Å². The second-order valence-electron chi connectivity index (χ2n) is 5.81. The number of nitrogens with one attached hydrogen (secondary N) is 2. The lowest BCUT2D eigenvalue weighted by atomic mass is 10.1. The van der Waals surface area contributed by atoms with Crippen LogP contribution in [-0.2, 0) is 0 Å². The highest BCUT2D eigenvalue weighted by atomic mass is 35.6. The van der Waals surface area contributed by atoms with Crippen molar-refractivity contribution in [1.82, 2.24) is 9.62 Å². The molecule has 0 aliphatic rings. The highest BCUT2D eigenvalue weighted by Crippen LogP contribution is 2.34. The first-order chi connectivity index (χ1) is 14.4. The number of non-ortho nitro benzene ring substituents is 2. The van der Waals surface area contributed by atoms with Gasteiger partial charge in [0.1, 0.15) is 0 Å². The van der Waals surface area contributed by atoms with Gasteiger partial charge in [-0.15, -0.1) is 0 Å². The Morgan fingerprint density at radius 2 is 1.52 bits per heavy atom. The summed E-state index contributed by atoms with van der Waals surface area (Å²) in [7, 11) is 0. The van der Waals surface area contributed by atoms with Crippen LogP contribution in [0.5, 0.6) is 0 Å². The molecule has 0 saturated carbocycles. The van der Waals surface area contributed by atoms with Gasteiger partial charge in [0.05, 0.1) is 21.5 Å². The van der Waals surface area contributed by atoms with E-state index < -0.39 is 48.7 Å². The molecule has 11 nitrogen and oxygen atoms in total. The van der Waals surface area contributed by atoms with Gasteiger partial charge in [-0.3, -0.25) is 25.0 Å². The molecule has 0 aromatic heterocycles. The van der Waals surface area contributed by atoms with Crippen molar-refractivity contribution in [3.8, 4) is 0 Å². The maximum absolute atomic E-state index is 12.6. The number of anilines is 1. The topological polar surface area (TPSA) is 148 Å². The van der Waals surface area contributed by atoms with Crippen molar-refractivity contribution in [2.45, 2.75) is 9.96 Å². The summed E-state index contributed by atoms with van der Waals surface area (Å²) in [6, 6.07) is 9.57. The van der Waals surface area contributed by atoms with Crippen LogP contribution >= 0.6 is 47.6 Å². The van der Waals surface area contributed by atoms with Crippen molar-refractivity contribution in [2.75, 3.05) is 5.32 Å². The summed E-state index contributed by atoms with van der Waals surface area (Å²) in [6.07, 6.45) is -1.67. The molecular weight excluding hydrogens is 497 g/mol. The monoisotopic (exact) mass is 507 g/mol. The van der Waals surface area contributed by atoms with Crippen molar-refractivity contribution in [1.29, 1.82) is 0 Å². The number of carbonyl (C=O) groups excluding carboxylic acids is 2. The number of nitro benzene ring substituents is 2. The van der Waals surface area contributed by atoms with E-state index in [1.165, 1.54) is 0 Å². The molecule has 3 amide bonds. The number of hydrogen-bond donors (Lipinski definition) is 3. The zero-order chi connectivity index (χ0) is 23.3. The van der Waals surface area contributed by atoms with Crippen LogP contribution in [-0.4, -0.2) is 36.0 Å². The molecule has 164 valence electrons. The molecule has 2 rings (SSSR count). The molecule has 1 unspecified atom stereocenters. The predicted molar refractivity (Wildman–Crippen MR) is 118 cm³/mol. The maximum Gasteiger partial charge on any atom is 0.333 e. The number of halogens is 3. The Balaban J connectivity index is 2.30. The summed E-state index contributed by atoms with van der Waals surface area (Å²) >= 11 is 21.6. The normalized spacial score (nSPS) is 11.9. The van der Waals surface area contributed by atoms with Crippen molar-refractivity contribution in [3.63, 3.8) is 0 Å². The molecule has 2 aromatic rings. The van der Waals surface area contributed by atoms with Gasteiger partial charge >= 0.3 is 6.03 Å². The number of rotatable bonds is 6. The second kappa shape index (κ2) is 10.0. The molecule has 15 heteroatoms. The quantitative estimate of drug-likeness (QED) is 0.174. The first-order valence-corrected chi connectivity index (χ1v) is 9.59. The fraction of sp³-hybridized carbons (Fsp3) is 0.125. The van der Waals surface area contributed by atoms with Gasteiger partial charge in [-0.25, -0.2) is 9.10 Å². The molecule has 31 heavy (non-hydrogen) atoms. The molecule has 2 aromatic carbocycles. The van der Waals surface area contributed by atoms with Crippen LogP contribution in [0.4, 0.5) is 21.9 Å². The number of hydrogen-bond acceptors (Lipinski definition) is 7. The first kappa shape index (κ1) is 24.5. The number of alkyl halides is 3. The zero-order valence-corrected chi connectivity index (χ0v) is 18.2. The van der Waals surface area contributed by atoms with E-state index >= 15 is 0 Å². The first-order valence-electron chi connectivity index (χ1n) is 8.05. The lowest BCUT2D eigenvalue weighted by molar-refractivity contribution is -0.394. The lowest BCUT2D eigenvalue weighted by Gasteiger charge is -2.32. The van der Waals surface area contributed by atoms with Crippen LogP contribution < -0.4 is 10.6 Å². The summed E-state index contributed by atoms with van der Waals surface area (Å²) in [5.41, 5.74) is -1.48. The van der Waals surface area contributed by atoms with Gasteiger partial charge in [-0.1, -0.05) is 65.8 Å². The van der Waals surface area contributed by atoms with E-state index in [1.807, 2.05) is 0 Å². The van der Waals surface area contributed by atoms with Gasteiger partial charge in [0.25, 0.3) is 17.3 Å². The van der Waals surface area contributed by atoms with Crippen LogP contribution in [0.1, 0.15) is 10.4 Å². The molecule has 0 aliphatic carbocycles. The van der Waals surface area contributed by atoms with Gasteiger partial charge in [0.2, 0.25) is 3.79 Å². The average molecular weight is 509 g/mol. The van der Waals surface area contributed by atoms with E-state index in [1.54, 1.807) is 30.3 Å². The minimum Gasteiger partial charge on any atom is -0.327 e. The summed E-state index contributed by atoms with van der Waals surface area (Å²) in [4.78, 5) is 45.3. The van der Waals surface area contributed by atoms with Gasteiger partial charge in [0, 0.05) is 17.8 Å². The van der Waals surface area contributed by atoms with Crippen LogP contribution in [0.2, 0.25) is 0 Å². The minimum atomic E-state index is -2.29. The summed E-state index contributed by atoms with van der Waals surface area (Å²) < 4.78 is -1.71. The predicted octanol–water partition coefficient (Wildman–Crippen LogP) is 4.31. The van der Waals surface area contributed by atoms with E-state index in [2.05, 4.69) is 23.4 Å². The Morgan fingerprint density at radius 3 is 1.97 bits per heavy atom.